The molecule has 0 atom stereocenters. The van der Waals surface area contributed by atoms with E-state index in [2.05, 4.69) is 9.44 Å². The largest absolute Gasteiger partial charge is 0.332 e. The summed E-state index contributed by atoms with van der Waals surface area (Å²) in [5.41, 5.74) is -0.191. The molecule has 0 aliphatic heterocycles. The molecule has 0 aliphatic carbocycles. The first kappa shape index (κ1) is 32.0. The third-order valence-electron chi connectivity index (χ3n) is 5.63. The number of anilines is 2. The van der Waals surface area contributed by atoms with E-state index in [0.717, 1.165) is 84.9 Å². The van der Waals surface area contributed by atoms with Crippen LogP contribution < -0.4 is 9.44 Å². The Bertz CT molecular complexity index is 2100. The van der Waals surface area contributed by atoms with Crippen LogP contribution in [0.1, 0.15) is 0 Å². The fraction of sp³-hybridized carbons (Fsp3) is 0. The lowest BCUT2D eigenvalue weighted by molar-refractivity contribution is 0.549. The van der Waals surface area contributed by atoms with Crippen LogP contribution in [0.3, 0.4) is 0 Å². The van der Waals surface area contributed by atoms with Crippen molar-refractivity contribution in [2.75, 3.05) is 9.44 Å². The van der Waals surface area contributed by atoms with Gasteiger partial charge in [0, 0.05) is 11.4 Å². The van der Waals surface area contributed by atoms with Gasteiger partial charge in [-0.25, -0.2) is 25.3 Å². The zero-order chi connectivity index (χ0) is 31.8. The fourth-order valence-electron chi connectivity index (χ4n) is 3.55. The van der Waals surface area contributed by atoms with E-state index in [-0.39, 0.29) is 21.2 Å². The van der Waals surface area contributed by atoms with Crippen molar-refractivity contribution in [1.82, 2.24) is 0 Å². The predicted molar refractivity (Wildman–Crippen MR) is 149 cm³/mol. The summed E-state index contributed by atoms with van der Waals surface area (Å²) in [7, 11) is -23.3. The van der Waals surface area contributed by atoms with Gasteiger partial charge in [0.25, 0.3) is 20.0 Å². The molecule has 19 heteroatoms. The topological polar surface area (TPSA) is 195 Å². The monoisotopic (exact) mass is 692 g/mol. The highest BCUT2D eigenvalue weighted by Crippen LogP contribution is 2.27. The predicted octanol–water partition coefficient (Wildman–Crippen LogP) is 3.44. The summed E-state index contributed by atoms with van der Waals surface area (Å²) in [6.07, 6.45) is 0. The molecule has 0 bridgehead atoms. The van der Waals surface area contributed by atoms with Gasteiger partial charge in [0.05, 0.1) is 29.4 Å². The van der Waals surface area contributed by atoms with Gasteiger partial charge in [0.2, 0.25) is 9.84 Å². The first-order valence-electron chi connectivity index (χ1n) is 11.4. The van der Waals surface area contributed by atoms with Crippen LogP contribution in [0.4, 0.5) is 19.1 Å². The van der Waals surface area contributed by atoms with Gasteiger partial charge in [0.15, 0.2) is 0 Å². The van der Waals surface area contributed by atoms with Crippen molar-refractivity contribution >= 4 is 61.7 Å². The standard InChI is InChI=1S/C24H18F2N2O10S5/c25-40(31,32)21-3-1-5-23(15-21)42(35,36)27-17-7-11-19(12-8-17)39(29,30)20-13-9-18(10-14-20)28-43(37,38)24-6-2-4-22(16-24)41(26,33)34/h1-16,27-28H. The van der Waals surface area contributed by atoms with Crippen molar-refractivity contribution in [3.8, 4) is 0 Å². The van der Waals surface area contributed by atoms with Crippen LogP contribution >= 0.6 is 0 Å². The van der Waals surface area contributed by atoms with Crippen LogP contribution in [-0.2, 0) is 50.3 Å². The van der Waals surface area contributed by atoms with E-state index in [9.17, 15) is 49.9 Å². The van der Waals surface area contributed by atoms with Gasteiger partial charge >= 0.3 is 20.4 Å². The number of rotatable bonds is 10. The number of sulfone groups is 1. The summed E-state index contributed by atoms with van der Waals surface area (Å²) in [5.74, 6) is 0. The first-order valence-corrected chi connectivity index (χ1v) is 18.6. The average Bonchev–Trinajstić information content (AvgIpc) is 2.92. The quantitative estimate of drug-likeness (QED) is 0.233. The normalized spacial score (nSPS) is 12.9. The van der Waals surface area contributed by atoms with Crippen molar-refractivity contribution in [1.29, 1.82) is 0 Å². The molecule has 0 spiro atoms. The van der Waals surface area contributed by atoms with Gasteiger partial charge in [-0.15, -0.1) is 7.77 Å². The Morgan fingerprint density at radius 1 is 0.395 bits per heavy atom. The lowest BCUT2D eigenvalue weighted by atomic mass is 10.3. The molecule has 0 saturated carbocycles. The molecule has 12 nitrogen and oxygen atoms in total. The van der Waals surface area contributed by atoms with E-state index in [0.29, 0.717) is 12.1 Å². The van der Waals surface area contributed by atoms with Gasteiger partial charge in [0.1, 0.15) is 0 Å². The van der Waals surface area contributed by atoms with Gasteiger partial charge in [-0.2, -0.15) is 16.8 Å². The summed E-state index contributed by atoms with van der Waals surface area (Å²) in [6.45, 7) is 0. The van der Waals surface area contributed by atoms with Crippen LogP contribution in [0.2, 0.25) is 0 Å². The van der Waals surface area contributed by atoms with Gasteiger partial charge in [-0.05, 0) is 84.9 Å². The number of hydrogen-bond acceptors (Lipinski definition) is 10. The van der Waals surface area contributed by atoms with E-state index >= 15 is 0 Å². The summed E-state index contributed by atoms with van der Waals surface area (Å²) in [5, 5.41) is 0. The van der Waals surface area contributed by atoms with E-state index in [1.165, 1.54) is 0 Å². The molecule has 0 aliphatic rings. The van der Waals surface area contributed by atoms with Crippen molar-refractivity contribution in [2.45, 2.75) is 29.4 Å². The first-order chi connectivity index (χ1) is 19.8. The zero-order valence-electron chi connectivity index (χ0n) is 21.1. The second-order valence-corrected chi connectivity index (χ2v) is 16.6. The van der Waals surface area contributed by atoms with E-state index in [4.69, 9.17) is 0 Å². The molecule has 0 fully saturated rings. The molecule has 4 rings (SSSR count). The summed E-state index contributed by atoms with van der Waals surface area (Å²) >= 11 is 0. The van der Waals surface area contributed by atoms with Gasteiger partial charge in [-0.3, -0.25) is 9.44 Å². The van der Waals surface area contributed by atoms with Crippen LogP contribution in [0.5, 0.6) is 0 Å². The highest BCUT2D eigenvalue weighted by Gasteiger charge is 2.22. The van der Waals surface area contributed by atoms with Crippen molar-refractivity contribution in [2.24, 2.45) is 0 Å². The van der Waals surface area contributed by atoms with Crippen LogP contribution in [-0.4, -0.2) is 42.1 Å². The SMILES string of the molecule is O=S(=O)(F)c1cccc(S(=O)(=O)Nc2ccc(S(=O)(=O)c3ccc(NS(=O)(=O)c4cccc(S(=O)(=O)F)c4)cc3)cc2)c1. The number of halogens is 2. The minimum Gasteiger partial charge on any atom is -0.280 e. The molecule has 4 aromatic carbocycles. The minimum atomic E-state index is -5.16. The molecular weight excluding hydrogens is 675 g/mol. The van der Waals surface area contributed by atoms with Crippen LogP contribution in [0.25, 0.3) is 0 Å². The number of nitrogens with one attached hydrogen (secondary N) is 2. The molecular formula is C24H18F2N2O10S5. The Morgan fingerprint density at radius 3 is 1.00 bits per heavy atom. The number of sulfonamides is 2. The molecule has 43 heavy (non-hydrogen) atoms. The Morgan fingerprint density at radius 2 is 0.698 bits per heavy atom. The molecule has 0 aromatic heterocycles. The Balaban J connectivity index is 1.51. The van der Waals surface area contributed by atoms with E-state index in [1.807, 2.05) is 0 Å². The zero-order valence-corrected chi connectivity index (χ0v) is 25.2. The second-order valence-electron chi connectivity index (χ2n) is 8.59. The molecule has 0 amide bonds. The van der Waals surface area contributed by atoms with Crippen molar-refractivity contribution in [3.63, 3.8) is 0 Å². The molecule has 2 N–H and O–H groups in total. The lowest BCUT2D eigenvalue weighted by Crippen LogP contribution is -2.14. The highest BCUT2D eigenvalue weighted by molar-refractivity contribution is 7.93. The summed E-state index contributed by atoms with van der Waals surface area (Å²) in [4.78, 5) is -3.37. The molecule has 4 aromatic rings. The lowest BCUT2D eigenvalue weighted by Gasteiger charge is -2.11. The molecule has 0 saturated heterocycles. The molecule has 0 heterocycles. The van der Waals surface area contributed by atoms with Crippen LogP contribution in [0.15, 0.2) is 126 Å². The smallest absolute Gasteiger partial charge is 0.280 e. The second kappa shape index (κ2) is 11.3. The third kappa shape index (κ3) is 7.36. The van der Waals surface area contributed by atoms with E-state index in [1.54, 1.807) is 0 Å². The van der Waals surface area contributed by atoms with Crippen molar-refractivity contribution < 1.29 is 49.9 Å². The Kier molecular flexibility index (Phi) is 8.41. The fourth-order valence-corrected chi connectivity index (χ4v) is 8.19. The van der Waals surface area contributed by atoms with Crippen LogP contribution in [0, 0.1) is 0 Å². The number of hydrogen-bond donors (Lipinski definition) is 2. The Hall–Kier alpha value is -3.91. The highest BCUT2D eigenvalue weighted by atomic mass is 32.3. The molecule has 0 unspecified atom stereocenters. The summed E-state index contributed by atoms with van der Waals surface area (Å²) < 4.78 is 152. The minimum absolute atomic E-state index is 0.0955. The van der Waals surface area contributed by atoms with Gasteiger partial charge < -0.3 is 0 Å². The van der Waals surface area contributed by atoms with Crippen molar-refractivity contribution in [3.05, 3.63) is 97.1 Å². The maximum atomic E-state index is 13.3. The maximum absolute atomic E-state index is 13.3. The Labute approximate surface area is 246 Å². The number of benzene rings is 4. The maximum Gasteiger partial charge on any atom is 0.332 e. The molecule has 0 radical (unpaired) electrons. The van der Waals surface area contributed by atoms with E-state index < -0.39 is 69.9 Å². The summed E-state index contributed by atoms with van der Waals surface area (Å²) in [6, 6.07) is 15.9. The molecule has 228 valence electrons. The third-order valence-corrected chi connectivity index (χ3v) is 11.8. The van der Waals surface area contributed by atoms with Gasteiger partial charge in [-0.1, -0.05) is 12.1 Å². The average molecular weight is 693 g/mol.